The van der Waals surface area contributed by atoms with Gasteiger partial charge in [0.15, 0.2) is 0 Å². The summed E-state index contributed by atoms with van der Waals surface area (Å²) in [7, 11) is 0. The SMILES string of the molecule is CC(=O)N1CCC(N2CCOC(CO)(Cc3cccc(F)c3)C2)CC1. The molecule has 0 spiro atoms. The lowest BCUT2D eigenvalue weighted by atomic mass is 9.91. The number of morpholine rings is 1. The van der Waals surface area contributed by atoms with E-state index in [2.05, 4.69) is 4.90 Å². The first-order chi connectivity index (χ1) is 12.0. The minimum atomic E-state index is -0.691. The second-order valence-corrected chi connectivity index (χ2v) is 7.20. The highest BCUT2D eigenvalue weighted by molar-refractivity contribution is 5.73. The number of piperidine rings is 1. The van der Waals surface area contributed by atoms with Crippen molar-refractivity contribution in [1.29, 1.82) is 0 Å². The Morgan fingerprint density at radius 3 is 2.76 bits per heavy atom. The van der Waals surface area contributed by atoms with Crippen LogP contribution in [0.2, 0.25) is 0 Å². The molecule has 0 aromatic heterocycles. The Hall–Kier alpha value is -1.50. The maximum atomic E-state index is 13.5. The van der Waals surface area contributed by atoms with Gasteiger partial charge in [-0.25, -0.2) is 4.39 Å². The van der Waals surface area contributed by atoms with Crippen LogP contribution in [0.3, 0.4) is 0 Å². The Bertz CT molecular complexity index is 604. The normalized spacial score (nSPS) is 26.0. The molecule has 1 aromatic carbocycles. The lowest BCUT2D eigenvalue weighted by molar-refractivity contribution is -0.146. The summed E-state index contributed by atoms with van der Waals surface area (Å²) in [6.07, 6.45) is 2.38. The van der Waals surface area contributed by atoms with Gasteiger partial charge in [0.2, 0.25) is 5.91 Å². The van der Waals surface area contributed by atoms with Gasteiger partial charge in [0.1, 0.15) is 11.4 Å². The van der Waals surface area contributed by atoms with Gasteiger partial charge in [0.05, 0.1) is 13.2 Å². The Morgan fingerprint density at radius 2 is 2.12 bits per heavy atom. The maximum Gasteiger partial charge on any atom is 0.219 e. The number of nitrogens with zero attached hydrogens (tertiary/aromatic N) is 2. The molecule has 25 heavy (non-hydrogen) atoms. The molecule has 1 aromatic rings. The van der Waals surface area contributed by atoms with Crippen molar-refractivity contribution in [2.45, 2.75) is 37.8 Å². The number of benzene rings is 1. The first-order valence-corrected chi connectivity index (χ1v) is 9.00. The zero-order valence-electron chi connectivity index (χ0n) is 14.8. The number of carbonyl (C=O) groups is 1. The van der Waals surface area contributed by atoms with Crippen LogP contribution in [0.15, 0.2) is 24.3 Å². The van der Waals surface area contributed by atoms with Crippen LogP contribution in [0.5, 0.6) is 0 Å². The Labute approximate surface area is 148 Å². The molecule has 0 aliphatic carbocycles. The van der Waals surface area contributed by atoms with Crippen molar-refractivity contribution >= 4 is 5.91 Å². The second kappa shape index (κ2) is 7.81. The third-order valence-corrected chi connectivity index (χ3v) is 5.41. The van der Waals surface area contributed by atoms with Gasteiger partial charge in [-0.1, -0.05) is 12.1 Å². The van der Waals surface area contributed by atoms with Gasteiger partial charge >= 0.3 is 0 Å². The molecule has 3 rings (SSSR count). The van der Waals surface area contributed by atoms with Gasteiger partial charge < -0.3 is 14.7 Å². The first-order valence-electron chi connectivity index (χ1n) is 9.00. The van der Waals surface area contributed by atoms with E-state index in [0.29, 0.717) is 25.6 Å². The van der Waals surface area contributed by atoms with E-state index in [1.807, 2.05) is 11.0 Å². The highest BCUT2D eigenvalue weighted by Crippen LogP contribution is 2.27. The molecule has 0 bridgehead atoms. The summed E-state index contributed by atoms with van der Waals surface area (Å²) in [6, 6.07) is 6.89. The summed E-state index contributed by atoms with van der Waals surface area (Å²) in [6.45, 7) is 5.11. The number of aliphatic hydroxyl groups excluding tert-OH is 1. The van der Waals surface area contributed by atoms with E-state index in [1.165, 1.54) is 12.1 Å². The monoisotopic (exact) mass is 350 g/mol. The minimum Gasteiger partial charge on any atom is -0.393 e. The van der Waals surface area contributed by atoms with E-state index < -0.39 is 5.60 Å². The predicted molar refractivity (Wildman–Crippen MR) is 92.7 cm³/mol. The fourth-order valence-corrected chi connectivity index (χ4v) is 4.01. The largest absolute Gasteiger partial charge is 0.393 e. The summed E-state index contributed by atoms with van der Waals surface area (Å²) in [4.78, 5) is 15.8. The molecule has 2 heterocycles. The lowest BCUT2D eigenvalue weighted by Gasteiger charge is -2.47. The fraction of sp³-hybridized carbons (Fsp3) is 0.632. The number of hydrogen-bond donors (Lipinski definition) is 1. The molecule has 2 aliphatic heterocycles. The van der Waals surface area contributed by atoms with E-state index in [9.17, 15) is 14.3 Å². The average Bonchev–Trinajstić information content (AvgIpc) is 2.62. The number of amides is 1. The molecule has 2 fully saturated rings. The third-order valence-electron chi connectivity index (χ3n) is 5.41. The molecule has 0 radical (unpaired) electrons. The predicted octanol–water partition coefficient (Wildman–Crippen LogP) is 1.44. The summed E-state index contributed by atoms with van der Waals surface area (Å²) in [5.74, 6) is -0.133. The Kier molecular flexibility index (Phi) is 5.71. The molecular formula is C19H27FN2O3. The van der Waals surface area contributed by atoms with Crippen molar-refractivity contribution in [2.75, 3.05) is 39.4 Å². The quantitative estimate of drug-likeness (QED) is 0.893. The van der Waals surface area contributed by atoms with Crippen molar-refractivity contribution in [1.82, 2.24) is 9.80 Å². The van der Waals surface area contributed by atoms with Gasteiger partial charge in [0.25, 0.3) is 0 Å². The third kappa shape index (κ3) is 4.37. The zero-order valence-corrected chi connectivity index (χ0v) is 14.8. The van der Waals surface area contributed by atoms with Crippen LogP contribution in [-0.2, 0) is 16.0 Å². The number of hydrogen-bond acceptors (Lipinski definition) is 4. The minimum absolute atomic E-state index is 0.0910. The van der Waals surface area contributed by atoms with Crippen molar-refractivity contribution < 1.29 is 19.0 Å². The maximum absolute atomic E-state index is 13.5. The van der Waals surface area contributed by atoms with E-state index in [4.69, 9.17) is 4.74 Å². The fourth-order valence-electron chi connectivity index (χ4n) is 4.01. The molecule has 2 aliphatic rings. The van der Waals surface area contributed by atoms with Gasteiger partial charge in [0, 0.05) is 45.6 Å². The molecule has 1 unspecified atom stereocenters. The summed E-state index contributed by atoms with van der Waals surface area (Å²) in [5.41, 5.74) is 0.145. The number of halogens is 1. The number of carbonyl (C=O) groups excluding carboxylic acids is 1. The lowest BCUT2D eigenvalue weighted by Crippen LogP contribution is -2.59. The van der Waals surface area contributed by atoms with E-state index in [-0.39, 0.29) is 18.3 Å². The van der Waals surface area contributed by atoms with E-state index in [1.54, 1.807) is 13.0 Å². The summed E-state index contributed by atoms with van der Waals surface area (Å²) < 4.78 is 19.4. The number of ether oxygens (including phenoxy) is 1. The van der Waals surface area contributed by atoms with Gasteiger partial charge in [-0.2, -0.15) is 0 Å². The van der Waals surface area contributed by atoms with E-state index >= 15 is 0 Å². The molecule has 1 N–H and O–H groups in total. The van der Waals surface area contributed by atoms with Crippen LogP contribution >= 0.6 is 0 Å². The highest BCUT2D eigenvalue weighted by Gasteiger charge is 2.39. The smallest absolute Gasteiger partial charge is 0.219 e. The van der Waals surface area contributed by atoms with Gasteiger partial charge in [-0.05, 0) is 30.5 Å². The van der Waals surface area contributed by atoms with E-state index in [0.717, 1.165) is 38.0 Å². The zero-order chi connectivity index (χ0) is 17.9. The van der Waals surface area contributed by atoms with Crippen LogP contribution in [0.1, 0.15) is 25.3 Å². The molecule has 138 valence electrons. The summed E-state index contributed by atoms with van der Waals surface area (Å²) >= 11 is 0. The standard InChI is InChI=1S/C19H27FN2O3/c1-15(24)21-7-5-18(6-8-21)22-9-10-25-19(13-22,14-23)12-16-3-2-4-17(20)11-16/h2-4,11,18,23H,5-10,12-14H2,1H3. The van der Waals surface area contributed by atoms with Crippen molar-refractivity contribution in [2.24, 2.45) is 0 Å². The summed E-state index contributed by atoms with van der Waals surface area (Å²) in [5, 5.41) is 10.0. The Balaban J connectivity index is 1.65. The second-order valence-electron chi connectivity index (χ2n) is 7.20. The molecule has 1 atom stereocenters. The molecule has 6 heteroatoms. The topological polar surface area (TPSA) is 53.0 Å². The Morgan fingerprint density at radius 1 is 1.36 bits per heavy atom. The van der Waals surface area contributed by atoms with Gasteiger partial charge in [-0.3, -0.25) is 9.69 Å². The van der Waals surface area contributed by atoms with Crippen molar-refractivity contribution in [3.8, 4) is 0 Å². The molecular weight excluding hydrogens is 323 g/mol. The van der Waals surface area contributed by atoms with Crippen LogP contribution in [0.25, 0.3) is 0 Å². The van der Waals surface area contributed by atoms with Crippen LogP contribution in [0, 0.1) is 5.82 Å². The van der Waals surface area contributed by atoms with Crippen LogP contribution < -0.4 is 0 Å². The highest BCUT2D eigenvalue weighted by atomic mass is 19.1. The number of likely N-dealkylation sites (tertiary alicyclic amines) is 1. The average molecular weight is 350 g/mol. The van der Waals surface area contributed by atoms with Crippen molar-refractivity contribution in [3.63, 3.8) is 0 Å². The van der Waals surface area contributed by atoms with Crippen LogP contribution in [0.4, 0.5) is 4.39 Å². The van der Waals surface area contributed by atoms with Gasteiger partial charge in [-0.15, -0.1) is 0 Å². The molecule has 1 amide bonds. The first kappa shape index (κ1) is 18.3. The van der Waals surface area contributed by atoms with Crippen molar-refractivity contribution in [3.05, 3.63) is 35.6 Å². The number of rotatable bonds is 4. The molecule has 0 saturated carbocycles. The number of aliphatic hydroxyl groups is 1. The molecule has 5 nitrogen and oxygen atoms in total. The molecule has 2 saturated heterocycles. The van der Waals surface area contributed by atoms with Crippen LogP contribution in [-0.4, -0.2) is 71.8 Å².